The van der Waals surface area contributed by atoms with E-state index in [0.717, 1.165) is 29.7 Å². The standard InChI is InChI=1S/C23H24ClN3O3S/c1-14-8-15(2)10-17(9-14)25-21(28)13-31-23-26-20-11-16(24)5-6-19(20)22(29)27(23)12-18-4-3-7-30-18/h5-6,8-11,18H,3-4,7,12-13H2,1-2H3,(H,25,28). The number of hydrogen-bond acceptors (Lipinski definition) is 5. The molecule has 8 heteroatoms. The van der Waals surface area contributed by atoms with Crippen LogP contribution in [0, 0.1) is 13.8 Å². The minimum atomic E-state index is -0.154. The number of ether oxygens (including phenoxy) is 1. The average molecular weight is 458 g/mol. The highest BCUT2D eigenvalue weighted by Gasteiger charge is 2.21. The predicted octanol–water partition coefficient (Wildman–Crippen LogP) is 4.58. The highest BCUT2D eigenvalue weighted by molar-refractivity contribution is 7.99. The lowest BCUT2D eigenvalue weighted by atomic mass is 10.1. The molecule has 31 heavy (non-hydrogen) atoms. The molecule has 1 fully saturated rings. The molecule has 0 bridgehead atoms. The molecule has 162 valence electrons. The highest BCUT2D eigenvalue weighted by Crippen LogP contribution is 2.23. The number of benzene rings is 2. The van der Waals surface area contributed by atoms with E-state index in [1.165, 1.54) is 11.8 Å². The van der Waals surface area contributed by atoms with E-state index in [1.807, 2.05) is 26.0 Å². The fourth-order valence-corrected chi connectivity index (χ4v) is 4.79. The van der Waals surface area contributed by atoms with Crippen LogP contribution in [0.5, 0.6) is 0 Å². The lowest BCUT2D eigenvalue weighted by Gasteiger charge is -2.16. The molecular formula is C23H24ClN3O3S. The first-order valence-electron chi connectivity index (χ1n) is 10.2. The fourth-order valence-electron chi connectivity index (χ4n) is 3.81. The van der Waals surface area contributed by atoms with Crippen LogP contribution in [0.4, 0.5) is 5.69 Å². The van der Waals surface area contributed by atoms with Crippen LogP contribution in [0.3, 0.4) is 0 Å². The van der Waals surface area contributed by atoms with E-state index in [-0.39, 0.29) is 23.3 Å². The lowest BCUT2D eigenvalue weighted by Crippen LogP contribution is -2.29. The summed E-state index contributed by atoms with van der Waals surface area (Å²) in [7, 11) is 0. The molecule has 0 aliphatic carbocycles. The van der Waals surface area contributed by atoms with E-state index >= 15 is 0 Å². The molecule has 1 aromatic heterocycles. The van der Waals surface area contributed by atoms with Crippen molar-refractivity contribution in [3.8, 4) is 0 Å². The Bertz CT molecular complexity index is 1170. The van der Waals surface area contributed by atoms with Gasteiger partial charge < -0.3 is 10.1 Å². The van der Waals surface area contributed by atoms with Gasteiger partial charge in [0.05, 0.1) is 29.3 Å². The maximum absolute atomic E-state index is 13.2. The maximum Gasteiger partial charge on any atom is 0.262 e. The summed E-state index contributed by atoms with van der Waals surface area (Å²) in [4.78, 5) is 30.4. The molecule has 3 aromatic rings. The number of carbonyl (C=O) groups is 1. The van der Waals surface area contributed by atoms with Crippen LogP contribution in [0.25, 0.3) is 10.9 Å². The molecule has 0 saturated carbocycles. The lowest BCUT2D eigenvalue weighted by molar-refractivity contribution is -0.113. The van der Waals surface area contributed by atoms with Crippen LogP contribution in [0.2, 0.25) is 5.02 Å². The van der Waals surface area contributed by atoms with Crippen molar-refractivity contribution in [3.63, 3.8) is 0 Å². The second-order valence-corrected chi connectivity index (χ2v) is 9.20. The van der Waals surface area contributed by atoms with Crippen molar-refractivity contribution in [2.45, 2.75) is 44.5 Å². The Morgan fingerprint density at radius 1 is 1.26 bits per heavy atom. The van der Waals surface area contributed by atoms with Gasteiger partial charge in [-0.2, -0.15) is 0 Å². The number of thioether (sulfide) groups is 1. The quantitative estimate of drug-likeness (QED) is 0.433. The number of hydrogen-bond donors (Lipinski definition) is 1. The van der Waals surface area contributed by atoms with Crippen molar-refractivity contribution in [1.29, 1.82) is 0 Å². The van der Waals surface area contributed by atoms with Crippen molar-refractivity contribution in [3.05, 3.63) is 62.9 Å². The molecule has 4 rings (SSSR count). The van der Waals surface area contributed by atoms with E-state index in [2.05, 4.69) is 16.4 Å². The number of fused-ring (bicyclic) bond motifs is 1. The van der Waals surface area contributed by atoms with E-state index in [1.54, 1.807) is 22.8 Å². The zero-order valence-electron chi connectivity index (χ0n) is 17.5. The summed E-state index contributed by atoms with van der Waals surface area (Å²) in [6.07, 6.45) is 1.87. The number of aromatic nitrogens is 2. The number of aryl methyl sites for hydroxylation is 2. The van der Waals surface area contributed by atoms with Gasteiger partial charge in [-0.3, -0.25) is 14.2 Å². The van der Waals surface area contributed by atoms with Gasteiger partial charge in [-0.25, -0.2) is 4.98 Å². The number of carbonyl (C=O) groups excluding carboxylic acids is 1. The van der Waals surface area contributed by atoms with Crippen molar-refractivity contribution in [2.24, 2.45) is 0 Å². The number of nitrogens with one attached hydrogen (secondary N) is 1. The third-order valence-corrected chi connectivity index (χ3v) is 6.34. The maximum atomic E-state index is 13.2. The third kappa shape index (κ3) is 5.29. The Labute approximate surface area is 190 Å². The monoisotopic (exact) mass is 457 g/mol. The van der Waals surface area contributed by atoms with Crippen LogP contribution in [-0.2, 0) is 16.1 Å². The normalized spacial score (nSPS) is 16.0. The number of anilines is 1. The first kappa shape index (κ1) is 21.9. The van der Waals surface area contributed by atoms with Crippen molar-refractivity contribution < 1.29 is 9.53 Å². The van der Waals surface area contributed by atoms with Crippen molar-refractivity contribution >= 4 is 45.9 Å². The first-order valence-corrected chi connectivity index (χ1v) is 11.6. The number of nitrogens with zero attached hydrogens (tertiary/aromatic N) is 2. The Morgan fingerprint density at radius 3 is 2.74 bits per heavy atom. The second-order valence-electron chi connectivity index (χ2n) is 7.82. The molecule has 2 aromatic carbocycles. The minimum Gasteiger partial charge on any atom is -0.376 e. The Balaban J connectivity index is 1.58. The first-order chi connectivity index (χ1) is 14.9. The van der Waals surface area contributed by atoms with Gasteiger partial charge in [0.15, 0.2) is 5.16 Å². The van der Waals surface area contributed by atoms with Gasteiger partial charge in [0.1, 0.15) is 0 Å². The van der Waals surface area contributed by atoms with Crippen molar-refractivity contribution in [2.75, 3.05) is 17.7 Å². The minimum absolute atomic E-state index is 0.0207. The summed E-state index contributed by atoms with van der Waals surface area (Å²) in [5.74, 6) is -0.0177. The van der Waals surface area contributed by atoms with Crippen LogP contribution in [-0.4, -0.2) is 33.9 Å². The van der Waals surface area contributed by atoms with E-state index in [9.17, 15) is 9.59 Å². The summed E-state index contributed by atoms with van der Waals surface area (Å²) in [5, 5.41) is 4.44. The van der Waals surface area contributed by atoms with E-state index in [4.69, 9.17) is 16.3 Å². The SMILES string of the molecule is Cc1cc(C)cc(NC(=O)CSc2nc3cc(Cl)ccc3c(=O)n2CC2CCCO2)c1. The third-order valence-electron chi connectivity index (χ3n) is 5.13. The van der Waals surface area contributed by atoms with E-state index in [0.29, 0.717) is 34.2 Å². The number of amides is 1. The van der Waals surface area contributed by atoms with Gasteiger partial charge in [0.2, 0.25) is 5.91 Å². The second kappa shape index (κ2) is 9.42. The molecule has 0 spiro atoms. The van der Waals surface area contributed by atoms with Gasteiger partial charge >= 0.3 is 0 Å². The van der Waals surface area contributed by atoms with Crippen LogP contribution >= 0.6 is 23.4 Å². The molecular weight excluding hydrogens is 434 g/mol. The van der Waals surface area contributed by atoms with Crippen LogP contribution < -0.4 is 10.9 Å². The molecule has 2 heterocycles. The molecule has 0 radical (unpaired) electrons. The molecule has 1 aliphatic rings. The number of rotatable bonds is 6. The van der Waals surface area contributed by atoms with Gasteiger partial charge in [-0.15, -0.1) is 0 Å². The molecule has 1 saturated heterocycles. The molecule has 1 unspecified atom stereocenters. The smallest absolute Gasteiger partial charge is 0.262 e. The summed E-state index contributed by atoms with van der Waals surface area (Å²) in [5.41, 5.74) is 3.31. The Hall–Kier alpha value is -2.35. The fraction of sp³-hybridized carbons (Fsp3) is 0.348. The van der Waals surface area contributed by atoms with Gasteiger partial charge in [-0.05, 0) is 68.1 Å². The number of halogens is 1. The zero-order chi connectivity index (χ0) is 22.0. The van der Waals surface area contributed by atoms with Gasteiger partial charge in [-0.1, -0.05) is 29.4 Å². The summed E-state index contributed by atoms with van der Waals surface area (Å²) < 4.78 is 7.35. The van der Waals surface area contributed by atoms with Crippen molar-refractivity contribution in [1.82, 2.24) is 9.55 Å². The summed E-state index contributed by atoms with van der Waals surface area (Å²) in [6, 6.07) is 11.0. The topological polar surface area (TPSA) is 73.2 Å². The molecule has 1 atom stereocenters. The van der Waals surface area contributed by atoms with E-state index < -0.39 is 0 Å². The Kier molecular flexibility index (Phi) is 6.65. The van der Waals surface area contributed by atoms with Gasteiger partial charge in [0.25, 0.3) is 5.56 Å². The average Bonchev–Trinajstić information content (AvgIpc) is 3.21. The molecule has 1 aliphatic heterocycles. The van der Waals surface area contributed by atoms with Gasteiger partial charge in [0, 0.05) is 17.3 Å². The molecule has 1 N–H and O–H groups in total. The largest absolute Gasteiger partial charge is 0.376 e. The highest BCUT2D eigenvalue weighted by atomic mass is 35.5. The zero-order valence-corrected chi connectivity index (χ0v) is 19.1. The Morgan fingerprint density at radius 2 is 2.03 bits per heavy atom. The molecule has 1 amide bonds. The summed E-state index contributed by atoms with van der Waals surface area (Å²) in [6.45, 7) is 5.11. The van der Waals surface area contributed by atoms with Crippen LogP contribution in [0.1, 0.15) is 24.0 Å². The predicted molar refractivity (Wildman–Crippen MR) is 125 cm³/mol. The summed E-state index contributed by atoms with van der Waals surface area (Å²) >= 11 is 7.35. The molecule has 6 nitrogen and oxygen atoms in total. The van der Waals surface area contributed by atoms with Crippen LogP contribution in [0.15, 0.2) is 46.3 Å².